The molecule has 0 unspecified atom stereocenters. The van der Waals surface area contributed by atoms with Crippen LogP contribution in [0.1, 0.15) is 57.2 Å². The van der Waals surface area contributed by atoms with Gasteiger partial charge in [0.1, 0.15) is 17.2 Å². The molecule has 0 aliphatic heterocycles. The van der Waals surface area contributed by atoms with Crippen molar-refractivity contribution in [2.75, 3.05) is 25.6 Å². The van der Waals surface area contributed by atoms with E-state index in [0.29, 0.717) is 35.8 Å². The molecule has 4 rings (SSSR count). The zero-order chi connectivity index (χ0) is 29.4. The second kappa shape index (κ2) is 13.6. The lowest BCUT2D eigenvalue weighted by Crippen LogP contribution is -2.33. The van der Waals surface area contributed by atoms with Crippen LogP contribution in [0.15, 0.2) is 85.2 Å². The number of hydrogen-bond donors (Lipinski definition) is 0. The molecule has 0 amide bonds. The average Bonchev–Trinajstić information content (AvgIpc) is 2.98. The van der Waals surface area contributed by atoms with Gasteiger partial charge in [-0.25, -0.2) is 14.2 Å². The van der Waals surface area contributed by atoms with Crippen molar-refractivity contribution in [2.24, 2.45) is 0 Å². The van der Waals surface area contributed by atoms with Crippen molar-refractivity contribution in [3.63, 3.8) is 0 Å². The summed E-state index contributed by atoms with van der Waals surface area (Å²) in [4.78, 5) is 27.7. The molecule has 0 saturated carbocycles. The van der Waals surface area contributed by atoms with Gasteiger partial charge in [0.2, 0.25) is 0 Å². The highest BCUT2D eigenvalue weighted by Gasteiger charge is 2.17. The first-order valence-corrected chi connectivity index (χ1v) is 13.8. The van der Waals surface area contributed by atoms with Crippen LogP contribution in [0.4, 0.5) is 5.69 Å². The Morgan fingerprint density at radius 2 is 1.24 bits per heavy atom. The van der Waals surface area contributed by atoms with Gasteiger partial charge in [0.15, 0.2) is 18.9 Å². The van der Waals surface area contributed by atoms with E-state index in [1.807, 2.05) is 52.5 Å². The van der Waals surface area contributed by atoms with Crippen molar-refractivity contribution in [3.05, 3.63) is 113 Å². The quantitative estimate of drug-likeness (QED) is 0.0937. The van der Waals surface area contributed by atoms with Crippen molar-refractivity contribution in [2.45, 2.75) is 40.2 Å². The Morgan fingerprint density at radius 3 is 1.73 bits per heavy atom. The van der Waals surface area contributed by atoms with Gasteiger partial charge in [-0.05, 0) is 79.9 Å². The number of nitrogens with zero attached hydrogens (tertiary/aromatic N) is 2. The molecular formula is C34H37N2O5+. The number of esters is 2. The number of rotatable bonds is 11. The first-order valence-electron chi connectivity index (χ1n) is 13.8. The summed E-state index contributed by atoms with van der Waals surface area (Å²) in [6.45, 7) is 7.11. The fourth-order valence-electron chi connectivity index (χ4n) is 4.14. The summed E-state index contributed by atoms with van der Waals surface area (Å²) >= 11 is 0. The summed E-state index contributed by atoms with van der Waals surface area (Å²) in [5, 5.41) is 0. The molecule has 41 heavy (non-hydrogen) atoms. The van der Waals surface area contributed by atoms with Crippen molar-refractivity contribution in [1.82, 2.24) is 0 Å². The van der Waals surface area contributed by atoms with Crippen LogP contribution in [0.5, 0.6) is 17.2 Å². The normalized spacial score (nSPS) is 10.7. The Hall–Kier alpha value is -4.65. The maximum Gasteiger partial charge on any atom is 0.343 e. The molecule has 0 saturated heterocycles. The highest BCUT2D eigenvalue weighted by Crippen LogP contribution is 2.30. The zero-order valence-electron chi connectivity index (χ0n) is 24.3. The van der Waals surface area contributed by atoms with Gasteiger partial charge in [0, 0.05) is 37.5 Å². The number of aromatic nitrogens is 1. The fourth-order valence-corrected chi connectivity index (χ4v) is 4.14. The van der Waals surface area contributed by atoms with Crippen LogP contribution in [-0.2, 0) is 6.54 Å². The average molecular weight is 554 g/mol. The Bertz CT molecular complexity index is 1480. The van der Waals surface area contributed by atoms with E-state index in [2.05, 4.69) is 28.5 Å². The van der Waals surface area contributed by atoms with Crippen LogP contribution in [0.2, 0.25) is 0 Å². The molecule has 0 atom stereocenters. The molecular weight excluding hydrogens is 516 g/mol. The molecule has 3 aromatic carbocycles. The van der Waals surface area contributed by atoms with E-state index in [1.165, 1.54) is 0 Å². The van der Waals surface area contributed by atoms with Gasteiger partial charge >= 0.3 is 11.9 Å². The summed E-state index contributed by atoms with van der Waals surface area (Å²) in [6.07, 6.45) is 6.10. The number of pyridine rings is 1. The van der Waals surface area contributed by atoms with Crippen LogP contribution in [0, 0.1) is 13.8 Å². The van der Waals surface area contributed by atoms with Gasteiger partial charge in [-0.2, -0.15) is 0 Å². The van der Waals surface area contributed by atoms with Crippen LogP contribution in [0.3, 0.4) is 0 Å². The molecule has 0 radical (unpaired) electrons. The number of unbranched alkanes of at least 4 members (excludes halogenated alkanes) is 1. The molecule has 212 valence electrons. The lowest BCUT2D eigenvalue weighted by molar-refractivity contribution is -0.688. The molecule has 0 bridgehead atoms. The number of anilines is 1. The fraction of sp³-hybridized carbons (Fsp3) is 0.265. The van der Waals surface area contributed by atoms with E-state index in [4.69, 9.17) is 14.2 Å². The molecule has 0 N–H and O–H groups in total. The molecule has 0 aliphatic carbocycles. The molecule has 7 nitrogen and oxygen atoms in total. The van der Waals surface area contributed by atoms with Gasteiger partial charge in [-0.15, -0.1) is 0 Å². The van der Waals surface area contributed by atoms with E-state index >= 15 is 0 Å². The number of ether oxygens (including phenoxy) is 3. The third-order valence-electron chi connectivity index (χ3n) is 6.89. The standard InChI is InChI=1S/C34H37N2O5/c1-6-7-22-39-30-14-12-28(13-15-30)34(38)41-32-17-16-31(24(2)25(32)3)40-33(37)27-10-8-26(9-11-27)23-36-20-18-29(19-21-36)35(4)5/h8-21H,6-7,22-23H2,1-5H3/q+1. The third kappa shape index (κ3) is 7.72. The molecule has 7 heteroatoms. The lowest BCUT2D eigenvalue weighted by atomic mass is 10.1. The minimum Gasteiger partial charge on any atom is -0.494 e. The smallest absolute Gasteiger partial charge is 0.343 e. The number of carbonyl (C=O) groups is 2. The molecule has 1 heterocycles. The Morgan fingerprint density at radius 1 is 0.732 bits per heavy atom. The van der Waals surface area contributed by atoms with Crippen LogP contribution in [-0.4, -0.2) is 32.6 Å². The highest BCUT2D eigenvalue weighted by atomic mass is 16.5. The van der Waals surface area contributed by atoms with Crippen molar-refractivity contribution < 1.29 is 28.4 Å². The van der Waals surface area contributed by atoms with E-state index in [1.54, 1.807) is 48.5 Å². The molecule has 0 aliphatic rings. The van der Waals surface area contributed by atoms with E-state index in [9.17, 15) is 9.59 Å². The predicted molar refractivity (Wildman–Crippen MR) is 159 cm³/mol. The van der Waals surface area contributed by atoms with Gasteiger partial charge in [-0.1, -0.05) is 25.5 Å². The topological polar surface area (TPSA) is 69.0 Å². The monoisotopic (exact) mass is 553 g/mol. The Balaban J connectivity index is 1.36. The van der Waals surface area contributed by atoms with Crippen LogP contribution >= 0.6 is 0 Å². The summed E-state index contributed by atoms with van der Waals surface area (Å²) in [7, 11) is 4.02. The zero-order valence-corrected chi connectivity index (χ0v) is 24.3. The molecule has 1 aromatic heterocycles. The van der Waals surface area contributed by atoms with Gasteiger partial charge in [0.25, 0.3) is 0 Å². The summed E-state index contributed by atoms with van der Waals surface area (Å²) in [5.74, 6) is 0.631. The van der Waals surface area contributed by atoms with Gasteiger partial charge in [0.05, 0.1) is 17.7 Å². The van der Waals surface area contributed by atoms with Gasteiger partial charge in [-0.3, -0.25) is 0 Å². The first kappa shape index (κ1) is 29.3. The van der Waals surface area contributed by atoms with Crippen LogP contribution < -0.4 is 23.7 Å². The van der Waals surface area contributed by atoms with E-state index < -0.39 is 11.9 Å². The molecule has 0 fully saturated rings. The Labute approximate surface area is 241 Å². The summed E-state index contributed by atoms with van der Waals surface area (Å²) in [5.41, 5.74) is 4.52. The van der Waals surface area contributed by atoms with Gasteiger partial charge < -0.3 is 19.1 Å². The van der Waals surface area contributed by atoms with Crippen molar-refractivity contribution in [1.29, 1.82) is 0 Å². The SMILES string of the molecule is CCCCOc1ccc(C(=O)Oc2ccc(OC(=O)c3ccc(C[n+]4ccc(N(C)C)cc4)cc3)c(C)c2C)cc1. The second-order valence-electron chi connectivity index (χ2n) is 10.1. The minimum absolute atomic E-state index is 0.413. The number of carbonyl (C=O) groups excluding carboxylic acids is 2. The predicted octanol–water partition coefficient (Wildman–Crippen LogP) is 6.32. The van der Waals surface area contributed by atoms with E-state index in [-0.39, 0.29) is 0 Å². The highest BCUT2D eigenvalue weighted by molar-refractivity contribution is 5.92. The summed E-state index contributed by atoms with van der Waals surface area (Å²) < 4.78 is 19.1. The maximum absolute atomic E-state index is 12.9. The lowest BCUT2D eigenvalue weighted by Gasteiger charge is -2.14. The molecule has 4 aromatic rings. The third-order valence-corrected chi connectivity index (χ3v) is 6.89. The number of hydrogen-bond acceptors (Lipinski definition) is 6. The summed E-state index contributed by atoms with van der Waals surface area (Å²) in [6, 6.07) is 21.7. The van der Waals surface area contributed by atoms with Crippen molar-refractivity contribution >= 4 is 17.6 Å². The van der Waals surface area contributed by atoms with Crippen LogP contribution in [0.25, 0.3) is 0 Å². The van der Waals surface area contributed by atoms with E-state index in [0.717, 1.165) is 41.0 Å². The maximum atomic E-state index is 12.9. The first-order chi connectivity index (χ1) is 19.7. The minimum atomic E-state index is -0.468. The number of benzene rings is 3. The molecule has 0 spiro atoms. The second-order valence-corrected chi connectivity index (χ2v) is 10.1. The van der Waals surface area contributed by atoms with Crippen molar-refractivity contribution in [3.8, 4) is 17.2 Å². The largest absolute Gasteiger partial charge is 0.494 e. The Kier molecular flexibility index (Phi) is 9.74.